The summed E-state index contributed by atoms with van der Waals surface area (Å²) in [7, 11) is 0. The molecule has 1 aromatic heterocycles. The summed E-state index contributed by atoms with van der Waals surface area (Å²) in [5.74, 6) is 1.44. The van der Waals surface area contributed by atoms with Gasteiger partial charge in [0.2, 0.25) is 0 Å². The van der Waals surface area contributed by atoms with Gasteiger partial charge in [-0.15, -0.1) is 0 Å². The number of aromatic nitrogens is 1. The van der Waals surface area contributed by atoms with Gasteiger partial charge in [0.05, 0.1) is 26.0 Å². The molecule has 5 nitrogen and oxygen atoms in total. The van der Waals surface area contributed by atoms with Crippen molar-refractivity contribution in [2.75, 3.05) is 46.1 Å². The zero-order valence-electron chi connectivity index (χ0n) is 12.9. The summed E-state index contributed by atoms with van der Waals surface area (Å²) >= 11 is 0. The number of likely N-dealkylation sites (tertiary alicyclic amines) is 1. The minimum absolute atomic E-state index is 0.147. The molecular formula is C17H24N2O3. The molecule has 3 fully saturated rings. The third-order valence-corrected chi connectivity index (χ3v) is 5.42. The van der Waals surface area contributed by atoms with E-state index < -0.39 is 0 Å². The fraction of sp³-hybridized carbons (Fsp3) is 0.706. The monoisotopic (exact) mass is 304 g/mol. The highest BCUT2D eigenvalue weighted by molar-refractivity contribution is 5.16. The Labute approximate surface area is 131 Å². The van der Waals surface area contributed by atoms with Crippen LogP contribution in [0.15, 0.2) is 24.5 Å². The van der Waals surface area contributed by atoms with Gasteiger partial charge in [-0.25, -0.2) is 0 Å². The summed E-state index contributed by atoms with van der Waals surface area (Å²) in [6, 6.07) is 4.56. The van der Waals surface area contributed by atoms with Gasteiger partial charge >= 0.3 is 0 Å². The molecule has 5 heteroatoms. The lowest BCUT2D eigenvalue weighted by Crippen LogP contribution is -2.41. The van der Waals surface area contributed by atoms with Crippen LogP contribution in [0.1, 0.15) is 12.8 Å². The minimum atomic E-state index is 0.147. The molecule has 0 N–H and O–H groups in total. The van der Waals surface area contributed by atoms with E-state index in [0.29, 0.717) is 12.0 Å². The van der Waals surface area contributed by atoms with E-state index in [1.54, 1.807) is 12.4 Å². The summed E-state index contributed by atoms with van der Waals surface area (Å²) in [5.41, 5.74) is 0.147. The summed E-state index contributed by atoms with van der Waals surface area (Å²) < 4.78 is 17.3. The van der Waals surface area contributed by atoms with Crippen molar-refractivity contribution in [3.8, 4) is 5.75 Å². The summed E-state index contributed by atoms with van der Waals surface area (Å²) in [6.45, 7) is 6.45. The molecule has 1 aromatic rings. The van der Waals surface area contributed by atoms with Gasteiger partial charge in [0.1, 0.15) is 5.75 Å². The standard InChI is InChI=1S/C17H24N2O3/c1-2-16(8-18-5-1)22-13-17-11-19(9-14(17)10-21-12-17)15-3-6-20-7-4-15/h1-2,5,8,14-15H,3-4,6-7,9-13H2/t14-,17+/m1/s1. The molecular weight excluding hydrogens is 280 g/mol. The molecule has 4 heterocycles. The third kappa shape index (κ3) is 2.73. The van der Waals surface area contributed by atoms with E-state index in [9.17, 15) is 0 Å². The Balaban J connectivity index is 1.42. The first kappa shape index (κ1) is 14.4. The Kier molecular flexibility index (Phi) is 4.03. The van der Waals surface area contributed by atoms with Crippen LogP contribution in [0.3, 0.4) is 0 Å². The number of rotatable bonds is 4. The summed E-state index contributed by atoms with van der Waals surface area (Å²) in [6.07, 6.45) is 5.88. The van der Waals surface area contributed by atoms with Crippen molar-refractivity contribution in [2.24, 2.45) is 11.3 Å². The van der Waals surface area contributed by atoms with Crippen molar-refractivity contribution in [1.29, 1.82) is 0 Å². The maximum absolute atomic E-state index is 6.04. The van der Waals surface area contributed by atoms with Crippen molar-refractivity contribution < 1.29 is 14.2 Å². The molecule has 0 aliphatic carbocycles. The van der Waals surface area contributed by atoms with Gasteiger partial charge in [0.15, 0.2) is 0 Å². The average Bonchev–Trinajstić information content (AvgIpc) is 3.12. The van der Waals surface area contributed by atoms with E-state index >= 15 is 0 Å². The number of ether oxygens (including phenoxy) is 3. The van der Waals surface area contributed by atoms with Crippen molar-refractivity contribution in [1.82, 2.24) is 9.88 Å². The second kappa shape index (κ2) is 6.14. The van der Waals surface area contributed by atoms with Crippen molar-refractivity contribution >= 4 is 0 Å². The number of pyridine rings is 1. The minimum Gasteiger partial charge on any atom is -0.491 e. The fourth-order valence-electron chi connectivity index (χ4n) is 4.07. The maximum Gasteiger partial charge on any atom is 0.137 e. The van der Waals surface area contributed by atoms with Gasteiger partial charge < -0.3 is 14.2 Å². The number of hydrogen-bond acceptors (Lipinski definition) is 5. The molecule has 0 aromatic carbocycles. The largest absolute Gasteiger partial charge is 0.491 e. The lowest BCUT2D eigenvalue weighted by atomic mass is 9.82. The van der Waals surface area contributed by atoms with E-state index in [1.165, 1.54) is 0 Å². The Morgan fingerprint density at radius 3 is 3.05 bits per heavy atom. The molecule has 120 valence electrons. The van der Waals surface area contributed by atoms with Crippen LogP contribution in [-0.2, 0) is 9.47 Å². The topological polar surface area (TPSA) is 43.8 Å². The van der Waals surface area contributed by atoms with Crippen molar-refractivity contribution in [2.45, 2.75) is 18.9 Å². The van der Waals surface area contributed by atoms with Crippen LogP contribution in [-0.4, -0.2) is 62.0 Å². The van der Waals surface area contributed by atoms with Crippen LogP contribution >= 0.6 is 0 Å². The Hall–Kier alpha value is -1.17. The van der Waals surface area contributed by atoms with Crippen molar-refractivity contribution in [3.05, 3.63) is 24.5 Å². The van der Waals surface area contributed by atoms with Crippen LogP contribution in [0.4, 0.5) is 0 Å². The van der Waals surface area contributed by atoms with Crippen LogP contribution in [0, 0.1) is 11.3 Å². The second-order valence-corrected chi connectivity index (χ2v) is 6.82. The van der Waals surface area contributed by atoms with E-state index in [2.05, 4.69) is 9.88 Å². The number of nitrogens with zero attached hydrogens (tertiary/aromatic N) is 2. The van der Waals surface area contributed by atoms with E-state index in [4.69, 9.17) is 14.2 Å². The highest BCUT2D eigenvalue weighted by Gasteiger charge is 2.52. The van der Waals surface area contributed by atoms with E-state index in [-0.39, 0.29) is 5.41 Å². The molecule has 3 aliphatic rings. The molecule has 22 heavy (non-hydrogen) atoms. The Morgan fingerprint density at radius 2 is 2.23 bits per heavy atom. The third-order valence-electron chi connectivity index (χ3n) is 5.42. The van der Waals surface area contributed by atoms with Gasteiger partial charge in [-0.2, -0.15) is 0 Å². The molecule has 3 saturated heterocycles. The Bertz CT molecular complexity index is 492. The maximum atomic E-state index is 6.04. The van der Waals surface area contributed by atoms with Gasteiger partial charge in [-0.1, -0.05) is 0 Å². The normalized spacial score (nSPS) is 33.0. The van der Waals surface area contributed by atoms with Gasteiger partial charge in [-0.05, 0) is 25.0 Å². The highest BCUT2D eigenvalue weighted by atomic mass is 16.5. The molecule has 2 atom stereocenters. The summed E-state index contributed by atoms with van der Waals surface area (Å²) in [4.78, 5) is 6.78. The van der Waals surface area contributed by atoms with Crippen LogP contribution in [0.5, 0.6) is 5.75 Å². The first-order valence-corrected chi connectivity index (χ1v) is 8.28. The molecule has 4 rings (SSSR count). The van der Waals surface area contributed by atoms with E-state index in [1.807, 2.05) is 12.1 Å². The molecule has 0 spiro atoms. The highest BCUT2D eigenvalue weighted by Crippen LogP contribution is 2.43. The number of hydrogen-bond donors (Lipinski definition) is 0. The molecule has 0 amide bonds. The lowest BCUT2D eigenvalue weighted by Gasteiger charge is -2.33. The van der Waals surface area contributed by atoms with Crippen LogP contribution in [0.25, 0.3) is 0 Å². The Morgan fingerprint density at radius 1 is 1.32 bits per heavy atom. The SMILES string of the molecule is c1cncc(OC[C@]23COC[C@H]2CN(C2CCOCC2)C3)c1. The predicted octanol–water partition coefficient (Wildman–Crippen LogP) is 1.59. The quantitative estimate of drug-likeness (QED) is 0.845. The first-order chi connectivity index (χ1) is 10.9. The van der Waals surface area contributed by atoms with Crippen LogP contribution in [0.2, 0.25) is 0 Å². The zero-order valence-corrected chi connectivity index (χ0v) is 12.9. The van der Waals surface area contributed by atoms with Gasteiger partial charge in [0, 0.05) is 49.9 Å². The zero-order chi connectivity index (χ0) is 14.8. The predicted molar refractivity (Wildman–Crippen MR) is 81.9 cm³/mol. The lowest BCUT2D eigenvalue weighted by molar-refractivity contribution is 0.0260. The molecule has 0 bridgehead atoms. The van der Waals surface area contributed by atoms with Crippen molar-refractivity contribution in [3.63, 3.8) is 0 Å². The molecule has 3 aliphatic heterocycles. The van der Waals surface area contributed by atoms with Gasteiger partial charge in [0.25, 0.3) is 0 Å². The summed E-state index contributed by atoms with van der Waals surface area (Å²) in [5, 5.41) is 0. The molecule has 0 saturated carbocycles. The smallest absolute Gasteiger partial charge is 0.137 e. The number of fused-ring (bicyclic) bond motifs is 1. The molecule has 0 unspecified atom stereocenters. The van der Waals surface area contributed by atoms with E-state index in [0.717, 1.165) is 64.7 Å². The van der Waals surface area contributed by atoms with Gasteiger partial charge in [-0.3, -0.25) is 9.88 Å². The first-order valence-electron chi connectivity index (χ1n) is 8.28. The fourth-order valence-corrected chi connectivity index (χ4v) is 4.07. The average molecular weight is 304 g/mol. The second-order valence-electron chi connectivity index (χ2n) is 6.82. The van der Waals surface area contributed by atoms with Crippen LogP contribution < -0.4 is 4.74 Å². The molecule has 0 radical (unpaired) electrons.